The Morgan fingerprint density at radius 2 is 2.12 bits per heavy atom. The lowest BCUT2D eigenvalue weighted by molar-refractivity contribution is 0.886. The third-order valence-corrected chi connectivity index (χ3v) is 4.05. The summed E-state index contributed by atoms with van der Waals surface area (Å²) in [5, 5.41) is 3.91. The van der Waals surface area contributed by atoms with Gasteiger partial charge >= 0.3 is 0 Å². The summed E-state index contributed by atoms with van der Waals surface area (Å²) in [5.41, 5.74) is 4.92. The van der Waals surface area contributed by atoms with E-state index in [1.807, 2.05) is 25.4 Å². The van der Waals surface area contributed by atoms with Gasteiger partial charge in [0, 0.05) is 11.1 Å². The maximum absolute atomic E-state index is 6.09. The van der Waals surface area contributed by atoms with Crippen molar-refractivity contribution in [2.24, 2.45) is 0 Å². The van der Waals surface area contributed by atoms with Gasteiger partial charge in [0.05, 0.1) is 22.9 Å². The molecule has 1 N–H and O–H groups in total. The Morgan fingerprint density at radius 1 is 1.35 bits per heavy atom. The van der Waals surface area contributed by atoms with E-state index in [1.165, 1.54) is 4.88 Å². The fourth-order valence-electron chi connectivity index (χ4n) is 1.71. The van der Waals surface area contributed by atoms with E-state index in [-0.39, 0.29) is 6.04 Å². The van der Waals surface area contributed by atoms with E-state index in [0.717, 1.165) is 16.9 Å². The van der Waals surface area contributed by atoms with Gasteiger partial charge in [0.1, 0.15) is 0 Å². The van der Waals surface area contributed by atoms with Crippen molar-refractivity contribution in [1.29, 1.82) is 0 Å². The predicted molar refractivity (Wildman–Crippen MR) is 72.9 cm³/mol. The summed E-state index contributed by atoms with van der Waals surface area (Å²) in [6.45, 7) is 6.13. The number of hydrogen-bond acceptors (Lipinski definition) is 4. The highest BCUT2D eigenvalue weighted by molar-refractivity contribution is 7.09. The first kappa shape index (κ1) is 12.3. The van der Waals surface area contributed by atoms with Gasteiger partial charge in [0.25, 0.3) is 0 Å². The molecule has 0 aliphatic carbocycles. The summed E-state index contributed by atoms with van der Waals surface area (Å²) >= 11 is 7.74. The molecule has 0 spiro atoms. The van der Waals surface area contributed by atoms with E-state index >= 15 is 0 Å². The highest BCUT2D eigenvalue weighted by atomic mass is 35.5. The van der Waals surface area contributed by atoms with Crippen molar-refractivity contribution in [1.82, 2.24) is 9.97 Å². The van der Waals surface area contributed by atoms with Gasteiger partial charge < -0.3 is 5.32 Å². The molecule has 0 amide bonds. The maximum Gasteiger partial charge on any atom is 0.152 e. The molecule has 1 atom stereocenters. The maximum atomic E-state index is 6.09. The molecule has 0 saturated carbocycles. The molecule has 0 bridgehead atoms. The lowest BCUT2D eigenvalue weighted by atomic mass is 10.2. The van der Waals surface area contributed by atoms with Crippen molar-refractivity contribution in [3.05, 3.63) is 39.1 Å². The van der Waals surface area contributed by atoms with Crippen molar-refractivity contribution in [2.75, 3.05) is 5.32 Å². The molecule has 2 aromatic rings. The molecule has 1 unspecified atom stereocenters. The summed E-state index contributed by atoms with van der Waals surface area (Å²) in [7, 11) is 0. The molecule has 0 fully saturated rings. The quantitative estimate of drug-likeness (QED) is 0.855. The standard InChI is InChI=1S/C12H14ClN3S/c1-7-4-5-14-12(13)10(7)16-9(3)11-8(2)15-6-17-11/h4-6,9,16H,1-3H3. The zero-order chi connectivity index (χ0) is 12.4. The Balaban J connectivity index is 2.25. The molecule has 0 aliphatic heterocycles. The molecule has 2 heterocycles. The SMILES string of the molecule is Cc1ccnc(Cl)c1NC(C)c1scnc1C. The second kappa shape index (κ2) is 5.02. The number of nitrogens with zero attached hydrogens (tertiary/aromatic N) is 2. The molecule has 3 nitrogen and oxygen atoms in total. The molecule has 17 heavy (non-hydrogen) atoms. The van der Waals surface area contributed by atoms with Gasteiger partial charge in [-0.15, -0.1) is 11.3 Å². The van der Waals surface area contributed by atoms with E-state index in [4.69, 9.17) is 11.6 Å². The predicted octanol–water partition coefficient (Wildman–Crippen LogP) is 3.98. The topological polar surface area (TPSA) is 37.8 Å². The second-order valence-electron chi connectivity index (χ2n) is 3.96. The van der Waals surface area contributed by atoms with E-state index in [2.05, 4.69) is 22.2 Å². The van der Waals surface area contributed by atoms with Gasteiger partial charge in [0.15, 0.2) is 5.15 Å². The molecular formula is C12H14ClN3S. The van der Waals surface area contributed by atoms with Crippen molar-refractivity contribution in [2.45, 2.75) is 26.8 Å². The summed E-state index contributed by atoms with van der Waals surface area (Å²) in [6.07, 6.45) is 1.71. The molecule has 0 aliphatic rings. The van der Waals surface area contributed by atoms with E-state index in [9.17, 15) is 0 Å². The summed E-state index contributed by atoms with van der Waals surface area (Å²) in [4.78, 5) is 9.57. The highest BCUT2D eigenvalue weighted by Crippen LogP contribution is 2.29. The van der Waals surface area contributed by atoms with Crippen LogP contribution >= 0.6 is 22.9 Å². The van der Waals surface area contributed by atoms with Gasteiger partial charge in [-0.05, 0) is 32.4 Å². The number of halogens is 1. The monoisotopic (exact) mass is 267 g/mol. The number of thiazole rings is 1. The van der Waals surface area contributed by atoms with Crippen LogP contribution in [0.4, 0.5) is 5.69 Å². The van der Waals surface area contributed by atoms with Crippen LogP contribution in [0.5, 0.6) is 0 Å². The summed E-state index contributed by atoms with van der Waals surface area (Å²) in [5.74, 6) is 0. The zero-order valence-electron chi connectivity index (χ0n) is 9.99. The van der Waals surface area contributed by atoms with Crippen LogP contribution in [-0.4, -0.2) is 9.97 Å². The minimum atomic E-state index is 0.183. The van der Waals surface area contributed by atoms with Crippen LogP contribution in [0.25, 0.3) is 0 Å². The molecule has 2 aromatic heterocycles. The number of hydrogen-bond donors (Lipinski definition) is 1. The lowest BCUT2D eigenvalue weighted by Crippen LogP contribution is -2.08. The van der Waals surface area contributed by atoms with E-state index in [1.54, 1.807) is 17.5 Å². The lowest BCUT2D eigenvalue weighted by Gasteiger charge is -2.16. The Kier molecular flexibility index (Phi) is 3.64. The number of rotatable bonds is 3. The smallest absolute Gasteiger partial charge is 0.152 e. The Morgan fingerprint density at radius 3 is 2.71 bits per heavy atom. The average molecular weight is 268 g/mol. The van der Waals surface area contributed by atoms with Gasteiger partial charge in [-0.2, -0.15) is 0 Å². The summed E-state index contributed by atoms with van der Waals surface area (Å²) < 4.78 is 0. The molecule has 0 radical (unpaired) electrons. The molecule has 2 rings (SSSR count). The van der Waals surface area contributed by atoms with Crippen LogP contribution in [0.15, 0.2) is 17.8 Å². The van der Waals surface area contributed by atoms with Crippen molar-refractivity contribution < 1.29 is 0 Å². The third-order valence-electron chi connectivity index (χ3n) is 2.65. The molecule has 0 saturated heterocycles. The highest BCUT2D eigenvalue weighted by Gasteiger charge is 2.13. The molecular weight excluding hydrogens is 254 g/mol. The van der Waals surface area contributed by atoms with Crippen molar-refractivity contribution >= 4 is 28.6 Å². The second-order valence-corrected chi connectivity index (χ2v) is 5.21. The van der Waals surface area contributed by atoms with Crippen LogP contribution in [0.2, 0.25) is 5.15 Å². The molecule has 90 valence electrons. The Hall–Kier alpha value is -1.13. The van der Waals surface area contributed by atoms with E-state index in [0.29, 0.717) is 5.15 Å². The number of pyridine rings is 1. The fourth-order valence-corrected chi connectivity index (χ4v) is 2.78. The first-order chi connectivity index (χ1) is 8.09. The van der Waals surface area contributed by atoms with Gasteiger partial charge in [-0.25, -0.2) is 9.97 Å². The number of anilines is 1. The average Bonchev–Trinajstić information content (AvgIpc) is 2.70. The fraction of sp³-hybridized carbons (Fsp3) is 0.333. The first-order valence-corrected chi connectivity index (χ1v) is 6.63. The minimum Gasteiger partial charge on any atom is -0.375 e. The molecule has 5 heteroatoms. The van der Waals surface area contributed by atoms with Crippen LogP contribution in [0.1, 0.15) is 29.1 Å². The normalized spacial score (nSPS) is 12.5. The van der Waals surface area contributed by atoms with Crippen molar-refractivity contribution in [3.63, 3.8) is 0 Å². The first-order valence-electron chi connectivity index (χ1n) is 5.37. The van der Waals surface area contributed by atoms with Crippen molar-refractivity contribution in [3.8, 4) is 0 Å². The molecule has 0 aromatic carbocycles. The van der Waals surface area contributed by atoms with Crippen LogP contribution < -0.4 is 5.32 Å². The largest absolute Gasteiger partial charge is 0.375 e. The van der Waals surface area contributed by atoms with E-state index < -0.39 is 0 Å². The van der Waals surface area contributed by atoms with Gasteiger partial charge in [-0.3, -0.25) is 0 Å². The number of aryl methyl sites for hydroxylation is 2. The van der Waals surface area contributed by atoms with Crippen LogP contribution in [0, 0.1) is 13.8 Å². The van der Waals surface area contributed by atoms with Crippen LogP contribution in [-0.2, 0) is 0 Å². The Labute approximate surface area is 110 Å². The number of aromatic nitrogens is 2. The third kappa shape index (κ3) is 2.58. The van der Waals surface area contributed by atoms with Gasteiger partial charge in [-0.1, -0.05) is 11.6 Å². The van der Waals surface area contributed by atoms with Gasteiger partial charge in [0.2, 0.25) is 0 Å². The van der Waals surface area contributed by atoms with Crippen LogP contribution in [0.3, 0.4) is 0 Å². The number of nitrogens with one attached hydrogen (secondary N) is 1. The minimum absolute atomic E-state index is 0.183. The summed E-state index contributed by atoms with van der Waals surface area (Å²) in [6, 6.07) is 2.13. The Bertz CT molecular complexity index is 504. The zero-order valence-corrected chi connectivity index (χ0v) is 11.6.